The Bertz CT molecular complexity index is 2410. The third kappa shape index (κ3) is 7.85. The van der Waals surface area contributed by atoms with Crippen molar-refractivity contribution in [3.8, 4) is 11.8 Å². The number of halogens is 1. The molecule has 4 aliphatic heterocycles. The topological polar surface area (TPSA) is 157 Å². The van der Waals surface area contributed by atoms with Gasteiger partial charge in [-0.25, -0.2) is 9.97 Å². The van der Waals surface area contributed by atoms with Gasteiger partial charge in [-0.2, -0.15) is 5.26 Å². The van der Waals surface area contributed by atoms with Crippen molar-refractivity contribution in [1.82, 2.24) is 29.7 Å². The van der Waals surface area contributed by atoms with Gasteiger partial charge in [-0.3, -0.25) is 34.0 Å². The lowest BCUT2D eigenvalue weighted by atomic mass is 9.92. The summed E-state index contributed by atoms with van der Waals surface area (Å²) in [7, 11) is 0. The van der Waals surface area contributed by atoms with Gasteiger partial charge in [0.25, 0.3) is 11.5 Å². The third-order valence-electron chi connectivity index (χ3n) is 13.0. The van der Waals surface area contributed by atoms with E-state index in [4.69, 9.17) is 31.6 Å². The van der Waals surface area contributed by atoms with E-state index in [1.165, 1.54) is 4.57 Å². The van der Waals surface area contributed by atoms with E-state index in [2.05, 4.69) is 26.1 Å². The molecule has 4 fully saturated rings. The molecule has 3 amide bonds. The number of anilines is 2. The normalized spacial score (nSPS) is 23.0. The minimum atomic E-state index is -0.736. The second-order valence-corrected chi connectivity index (χ2v) is 17.0. The van der Waals surface area contributed by atoms with Crippen molar-refractivity contribution in [3.05, 3.63) is 86.6 Å². The maximum atomic E-state index is 13.5. The molecule has 1 N–H and O–H groups in total. The number of nitrogens with zero attached hydrogens (tertiary/aromatic N) is 8. The van der Waals surface area contributed by atoms with Crippen LogP contribution in [0, 0.1) is 24.2 Å². The first-order valence-electron chi connectivity index (χ1n) is 20.9. The van der Waals surface area contributed by atoms with E-state index in [-0.39, 0.29) is 42.4 Å². The maximum absolute atomic E-state index is 13.5. The number of amides is 3. The number of benzene rings is 2. The van der Waals surface area contributed by atoms with Crippen LogP contribution >= 0.6 is 11.6 Å². The Morgan fingerprint density at radius 1 is 0.864 bits per heavy atom. The lowest BCUT2D eigenvalue weighted by molar-refractivity contribution is -0.135. The smallest absolute Gasteiger partial charge is 0.262 e. The summed E-state index contributed by atoms with van der Waals surface area (Å²) in [5.74, 6) is 2.00. The first kappa shape index (κ1) is 39.0. The van der Waals surface area contributed by atoms with Crippen molar-refractivity contribution >= 4 is 51.7 Å². The number of piperazine rings is 1. The summed E-state index contributed by atoms with van der Waals surface area (Å²) in [6.07, 6.45) is 6.13. The van der Waals surface area contributed by atoms with E-state index in [1.807, 2.05) is 35.2 Å². The van der Waals surface area contributed by atoms with Crippen molar-refractivity contribution < 1.29 is 19.1 Å². The van der Waals surface area contributed by atoms with Crippen LogP contribution in [0.15, 0.2) is 53.3 Å². The summed E-state index contributed by atoms with van der Waals surface area (Å²) in [5, 5.41) is 12.4. The highest BCUT2D eigenvalue weighted by atomic mass is 35.5. The van der Waals surface area contributed by atoms with E-state index in [0.717, 1.165) is 107 Å². The van der Waals surface area contributed by atoms with Gasteiger partial charge in [0.15, 0.2) is 0 Å². The molecule has 14 nitrogen and oxygen atoms in total. The zero-order valence-electron chi connectivity index (χ0n) is 33.2. The highest BCUT2D eigenvalue weighted by Crippen LogP contribution is 2.34. The number of ether oxygens (including phenoxy) is 1. The molecule has 2 aromatic carbocycles. The van der Waals surface area contributed by atoms with Crippen molar-refractivity contribution in [2.24, 2.45) is 5.92 Å². The molecular weight excluding hydrogens is 770 g/mol. The van der Waals surface area contributed by atoms with E-state index >= 15 is 0 Å². The van der Waals surface area contributed by atoms with Gasteiger partial charge in [0.2, 0.25) is 11.8 Å². The second kappa shape index (κ2) is 16.3. The molecule has 1 aliphatic carbocycles. The first-order chi connectivity index (χ1) is 28.6. The van der Waals surface area contributed by atoms with Crippen LogP contribution in [-0.2, 0) is 16.1 Å². The van der Waals surface area contributed by atoms with Crippen LogP contribution in [0.4, 0.5) is 11.5 Å². The lowest BCUT2D eigenvalue weighted by Crippen LogP contribution is -2.49. The fourth-order valence-corrected chi connectivity index (χ4v) is 9.89. The van der Waals surface area contributed by atoms with Gasteiger partial charge in [0.05, 0.1) is 45.4 Å². The van der Waals surface area contributed by atoms with Crippen molar-refractivity contribution in [2.75, 3.05) is 55.6 Å². The van der Waals surface area contributed by atoms with E-state index in [0.29, 0.717) is 45.5 Å². The number of nitriles is 1. The highest BCUT2D eigenvalue weighted by molar-refractivity contribution is 6.31. The Morgan fingerprint density at radius 3 is 2.37 bits per heavy atom. The number of imide groups is 1. The molecule has 6 heterocycles. The van der Waals surface area contributed by atoms with E-state index < -0.39 is 11.9 Å². The van der Waals surface area contributed by atoms with Gasteiger partial charge >= 0.3 is 0 Å². The van der Waals surface area contributed by atoms with Crippen LogP contribution in [0.5, 0.6) is 5.75 Å². The quantitative estimate of drug-likeness (QED) is 0.239. The molecular formula is C44H48ClN9O5. The monoisotopic (exact) mass is 817 g/mol. The zero-order chi connectivity index (χ0) is 40.8. The molecule has 0 radical (unpaired) electrons. The van der Waals surface area contributed by atoms with Gasteiger partial charge in [-0.15, -0.1) is 0 Å². The number of piperidine rings is 2. The molecule has 1 atom stereocenters. The van der Waals surface area contributed by atoms with Crippen molar-refractivity contribution in [2.45, 2.75) is 83.0 Å². The number of nitrogens with one attached hydrogen (secondary N) is 1. The summed E-state index contributed by atoms with van der Waals surface area (Å²) in [6.45, 7) is 8.92. The predicted octanol–water partition coefficient (Wildman–Crippen LogP) is 4.99. The van der Waals surface area contributed by atoms with Gasteiger partial charge < -0.3 is 19.4 Å². The molecule has 0 bridgehead atoms. The molecule has 3 saturated heterocycles. The average molecular weight is 818 g/mol. The number of carbonyl (C=O) groups is 3. The molecule has 1 saturated carbocycles. The Morgan fingerprint density at radius 2 is 1.64 bits per heavy atom. The number of rotatable bonds is 8. The minimum absolute atomic E-state index is 0.0475. The summed E-state index contributed by atoms with van der Waals surface area (Å²) in [4.78, 5) is 70.2. The Hall–Kier alpha value is -5.52. The van der Waals surface area contributed by atoms with Gasteiger partial charge in [-0.1, -0.05) is 11.6 Å². The van der Waals surface area contributed by atoms with Crippen molar-refractivity contribution in [3.63, 3.8) is 0 Å². The minimum Gasteiger partial charge on any atom is -0.490 e. The molecule has 1 unspecified atom stereocenters. The molecule has 0 spiro atoms. The highest BCUT2D eigenvalue weighted by Gasteiger charge is 2.37. The van der Waals surface area contributed by atoms with Crippen LogP contribution in [0.3, 0.4) is 0 Å². The average Bonchev–Trinajstić information content (AvgIpc) is 3.57. The molecule has 15 heteroatoms. The Balaban J connectivity index is 0.739. The number of carbonyl (C=O) groups excluding carboxylic acids is 3. The summed E-state index contributed by atoms with van der Waals surface area (Å²) in [6, 6.07) is 16.4. The standard InChI is InChI=1S/C44H48ClN9O5/c1-27-47-37-22-31(5-9-34(37)44(58)54(27)39-11-13-41(55)49-42(39)56)51-20-18-50(19-21-51)25-28-14-16-52(17-15-28)40-12-10-35-38(48-40)26-53(43(35)57)30-3-7-32(8-4-30)59-33-6-2-29(24-46)36(45)23-33/h2,5-6,9-10,12,22-23,28,30,32,39H,3-4,7-8,11,13-21,25-26H2,1H3,(H,49,55,56)/t30-,32-,39?. The van der Waals surface area contributed by atoms with Crippen molar-refractivity contribution in [1.29, 1.82) is 5.26 Å². The largest absolute Gasteiger partial charge is 0.490 e. The van der Waals surface area contributed by atoms with Gasteiger partial charge in [-0.05, 0) is 100 Å². The second-order valence-electron chi connectivity index (χ2n) is 16.6. The number of aromatic nitrogens is 3. The maximum Gasteiger partial charge on any atom is 0.262 e. The summed E-state index contributed by atoms with van der Waals surface area (Å²) in [5.41, 5.74) is 3.41. The van der Waals surface area contributed by atoms with E-state index in [9.17, 15) is 19.2 Å². The van der Waals surface area contributed by atoms with Crippen LogP contribution in [-0.4, -0.2) is 100 Å². The van der Waals surface area contributed by atoms with Gasteiger partial charge in [0, 0.05) is 70.0 Å². The third-order valence-corrected chi connectivity index (χ3v) is 13.3. The fraction of sp³-hybridized carbons (Fsp3) is 0.477. The van der Waals surface area contributed by atoms with Crippen LogP contribution in [0.2, 0.25) is 5.02 Å². The van der Waals surface area contributed by atoms with Crippen LogP contribution in [0.25, 0.3) is 10.9 Å². The van der Waals surface area contributed by atoms with E-state index in [1.54, 1.807) is 25.1 Å². The fourth-order valence-electron chi connectivity index (χ4n) is 9.68. The number of pyridine rings is 1. The molecule has 9 rings (SSSR count). The molecule has 2 aromatic heterocycles. The first-order valence-corrected chi connectivity index (χ1v) is 21.3. The predicted molar refractivity (Wildman–Crippen MR) is 223 cm³/mol. The van der Waals surface area contributed by atoms with Crippen LogP contribution < -0.4 is 25.4 Å². The van der Waals surface area contributed by atoms with Crippen LogP contribution in [0.1, 0.15) is 84.8 Å². The Kier molecular flexibility index (Phi) is 10.7. The molecule has 4 aromatic rings. The molecule has 5 aliphatic rings. The molecule has 59 heavy (non-hydrogen) atoms. The number of aryl methyl sites for hydroxylation is 1. The zero-order valence-corrected chi connectivity index (χ0v) is 34.0. The summed E-state index contributed by atoms with van der Waals surface area (Å²) < 4.78 is 7.61. The number of hydrogen-bond acceptors (Lipinski definition) is 11. The number of hydrogen-bond donors (Lipinski definition) is 1. The van der Waals surface area contributed by atoms with Gasteiger partial charge in [0.1, 0.15) is 29.5 Å². The lowest BCUT2D eigenvalue weighted by Gasteiger charge is -2.40. The SMILES string of the molecule is Cc1nc2cc(N3CCN(CC4CCN(c5ccc6c(n5)CN([C@H]5CC[C@H](Oc7ccc(C#N)c(Cl)c7)CC5)C6=O)CC4)CC3)ccc2c(=O)n1C1CCC(=O)NC1=O. The number of fused-ring (bicyclic) bond motifs is 2. The molecule has 306 valence electrons. The Labute approximate surface area is 347 Å². The summed E-state index contributed by atoms with van der Waals surface area (Å²) >= 11 is 6.20.